The molecule has 134 valence electrons. The minimum Gasteiger partial charge on any atom is -0.481 e. The Bertz CT molecular complexity index is 533. The van der Waals surface area contributed by atoms with Gasteiger partial charge in [-0.15, -0.1) is 0 Å². The predicted octanol–water partition coefficient (Wildman–Crippen LogP) is 1.74. The highest BCUT2D eigenvalue weighted by molar-refractivity contribution is 5.83. The number of hydrogen-bond donors (Lipinski definition) is 1. The Kier molecular flexibility index (Phi) is 4.58. The van der Waals surface area contributed by atoms with Gasteiger partial charge in [-0.25, -0.2) is 0 Å². The van der Waals surface area contributed by atoms with Crippen LogP contribution in [0.4, 0.5) is 0 Å². The molecule has 3 fully saturated rings. The monoisotopic (exact) mass is 336 g/mol. The largest absolute Gasteiger partial charge is 0.481 e. The van der Waals surface area contributed by atoms with E-state index in [1.165, 1.54) is 0 Å². The molecule has 3 aliphatic rings. The van der Waals surface area contributed by atoms with Crippen molar-refractivity contribution < 1.29 is 19.5 Å². The van der Waals surface area contributed by atoms with E-state index in [4.69, 9.17) is 5.11 Å². The normalized spacial score (nSPS) is 30.1. The summed E-state index contributed by atoms with van der Waals surface area (Å²) in [6, 6.07) is 0. The van der Waals surface area contributed by atoms with Gasteiger partial charge in [0.1, 0.15) is 0 Å². The summed E-state index contributed by atoms with van der Waals surface area (Å²) in [5, 5.41) is 9.09. The molecular formula is C18H28N2O4. The Morgan fingerprint density at radius 3 is 1.83 bits per heavy atom. The van der Waals surface area contributed by atoms with Crippen LogP contribution in [0, 0.1) is 17.8 Å². The maximum Gasteiger partial charge on any atom is 0.306 e. The maximum absolute atomic E-state index is 12.9. The fourth-order valence-electron chi connectivity index (χ4n) is 4.15. The van der Waals surface area contributed by atoms with Crippen molar-refractivity contribution in [3.8, 4) is 0 Å². The van der Waals surface area contributed by atoms with Crippen LogP contribution in [0.1, 0.15) is 52.4 Å². The van der Waals surface area contributed by atoms with Crippen molar-refractivity contribution in [1.82, 2.24) is 9.80 Å². The first-order valence-electron chi connectivity index (χ1n) is 9.12. The van der Waals surface area contributed by atoms with Crippen molar-refractivity contribution >= 4 is 17.8 Å². The van der Waals surface area contributed by atoms with E-state index in [1.807, 2.05) is 23.6 Å². The predicted molar refractivity (Wildman–Crippen MR) is 88.2 cm³/mol. The van der Waals surface area contributed by atoms with E-state index in [-0.39, 0.29) is 35.1 Å². The molecule has 0 bridgehead atoms. The molecule has 0 atom stereocenters. The van der Waals surface area contributed by atoms with Gasteiger partial charge < -0.3 is 14.9 Å². The summed E-state index contributed by atoms with van der Waals surface area (Å²) >= 11 is 0. The number of carboxylic acids is 1. The Balaban J connectivity index is 1.59. The molecule has 3 rings (SSSR count). The highest BCUT2D eigenvalue weighted by Gasteiger charge is 2.43. The highest BCUT2D eigenvalue weighted by Crippen LogP contribution is 2.35. The molecule has 1 aliphatic heterocycles. The van der Waals surface area contributed by atoms with Gasteiger partial charge in [0.15, 0.2) is 0 Å². The van der Waals surface area contributed by atoms with Gasteiger partial charge in [-0.2, -0.15) is 0 Å². The molecule has 1 heterocycles. The number of hydrogen-bond acceptors (Lipinski definition) is 3. The molecule has 1 saturated heterocycles. The van der Waals surface area contributed by atoms with E-state index in [2.05, 4.69) is 0 Å². The van der Waals surface area contributed by atoms with Crippen LogP contribution in [0.25, 0.3) is 0 Å². The van der Waals surface area contributed by atoms with Gasteiger partial charge in [0.25, 0.3) is 0 Å². The second-order valence-corrected chi connectivity index (χ2v) is 8.22. The first-order valence-corrected chi connectivity index (χ1v) is 9.12. The Labute approximate surface area is 143 Å². The van der Waals surface area contributed by atoms with Gasteiger partial charge >= 0.3 is 5.97 Å². The topological polar surface area (TPSA) is 77.9 Å². The van der Waals surface area contributed by atoms with Crippen LogP contribution in [0.5, 0.6) is 0 Å². The number of carboxylic acid groups (broad SMARTS) is 1. The van der Waals surface area contributed by atoms with Gasteiger partial charge in [0.05, 0.1) is 11.5 Å². The van der Waals surface area contributed by atoms with Crippen LogP contribution in [0.2, 0.25) is 0 Å². The average molecular weight is 336 g/mol. The van der Waals surface area contributed by atoms with Crippen molar-refractivity contribution in [3.63, 3.8) is 0 Å². The number of carbonyl (C=O) groups is 3. The third kappa shape index (κ3) is 3.42. The van der Waals surface area contributed by atoms with Gasteiger partial charge in [0.2, 0.25) is 11.8 Å². The molecule has 6 nitrogen and oxygen atoms in total. The molecule has 0 aromatic rings. The summed E-state index contributed by atoms with van der Waals surface area (Å²) in [5.41, 5.74) is -0.358. The smallest absolute Gasteiger partial charge is 0.306 e. The molecule has 2 amide bonds. The van der Waals surface area contributed by atoms with E-state index in [0.717, 1.165) is 12.8 Å². The van der Waals surface area contributed by atoms with E-state index in [9.17, 15) is 14.4 Å². The summed E-state index contributed by atoms with van der Waals surface area (Å²) < 4.78 is 0. The van der Waals surface area contributed by atoms with Crippen LogP contribution >= 0.6 is 0 Å². The zero-order valence-electron chi connectivity index (χ0n) is 14.7. The quantitative estimate of drug-likeness (QED) is 0.851. The molecule has 0 aromatic heterocycles. The van der Waals surface area contributed by atoms with Gasteiger partial charge in [-0.3, -0.25) is 14.4 Å². The molecule has 6 heteroatoms. The average Bonchev–Trinajstić information content (AvgIpc) is 3.37. The minimum atomic E-state index is -0.742. The van der Waals surface area contributed by atoms with Crippen LogP contribution in [0.3, 0.4) is 0 Å². The highest BCUT2D eigenvalue weighted by atomic mass is 16.4. The fourth-order valence-corrected chi connectivity index (χ4v) is 4.15. The van der Waals surface area contributed by atoms with Gasteiger partial charge in [0, 0.05) is 31.5 Å². The second kappa shape index (κ2) is 6.37. The van der Waals surface area contributed by atoms with Crippen LogP contribution in [-0.2, 0) is 14.4 Å². The van der Waals surface area contributed by atoms with Gasteiger partial charge in [-0.05, 0) is 52.4 Å². The van der Waals surface area contributed by atoms with Crippen LogP contribution in [-0.4, -0.2) is 57.9 Å². The number of nitrogens with zero attached hydrogens (tertiary/aromatic N) is 2. The van der Waals surface area contributed by atoms with Crippen molar-refractivity contribution in [2.24, 2.45) is 17.8 Å². The summed E-state index contributed by atoms with van der Waals surface area (Å²) in [5.74, 6) is -0.497. The molecule has 24 heavy (non-hydrogen) atoms. The van der Waals surface area contributed by atoms with E-state index < -0.39 is 5.97 Å². The van der Waals surface area contributed by atoms with E-state index >= 15 is 0 Å². The summed E-state index contributed by atoms with van der Waals surface area (Å²) in [4.78, 5) is 40.1. The van der Waals surface area contributed by atoms with Crippen molar-refractivity contribution in [2.45, 2.75) is 57.9 Å². The van der Waals surface area contributed by atoms with Crippen molar-refractivity contribution in [1.29, 1.82) is 0 Å². The van der Waals surface area contributed by atoms with Crippen molar-refractivity contribution in [2.75, 3.05) is 19.6 Å². The molecule has 0 spiro atoms. The Morgan fingerprint density at radius 1 is 0.833 bits per heavy atom. The number of amides is 2. The lowest BCUT2D eigenvalue weighted by atomic mass is 9.80. The third-order valence-corrected chi connectivity index (χ3v) is 5.83. The molecular weight excluding hydrogens is 308 g/mol. The molecule has 0 unspecified atom stereocenters. The summed E-state index contributed by atoms with van der Waals surface area (Å²) in [6.45, 7) is 5.86. The second-order valence-electron chi connectivity index (χ2n) is 8.22. The van der Waals surface area contributed by atoms with Crippen LogP contribution in [0.15, 0.2) is 0 Å². The molecule has 2 aliphatic carbocycles. The summed E-state index contributed by atoms with van der Waals surface area (Å²) in [6.07, 6.45) is 4.51. The lowest BCUT2D eigenvalue weighted by Crippen LogP contribution is -2.63. The van der Waals surface area contributed by atoms with Gasteiger partial charge in [-0.1, -0.05) is 0 Å². The first-order chi connectivity index (χ1) is 11.3. The summed E-state index contributed by atoms with van der Waals surface area (Å²) in [7, 11) is 0. The van der Waals surface area contributed by atoms with E-state index in [0.29, 0.717) is 45.3 Å². The molecule has 2 saturated carbocycles. The lowest BCUT2D eigenvalue weighted by Gasteiger charge is -2.48. The third-order valence-electron chi connectivity index (χ3n) is 5.83. The fraction of sp³-hybridized carbons (Fsp3) is 0.833. The van der Waals surface area contributed by atoms with E-state index in [1.54, 1.807) is 0 Å². The number of rotatable bonds is 3. The SMILES string of the molecule is CC1(C)CN(C(=O)C2CC2)CCN1C(=O)C1CCC(C(=O)O)CC1. The molecule has 0 radical (unpaired) electrons. The number of piperazine rings is 1. The lowest BCUT2D eigenvalue weighted by molar-refractivity contribution is -0.153. The molecule has 0 aromatic carbocycles. The first kappa shape index (κ1) is 17.2. The minimum absolute atomic E-state index is 0.0643. The Morgan fingerprint density at radius 2 is 1.33 bits per heavy atom. The van der Waals surface area contributed by atoms with Crippen LogP contribution < -0.4 is 0 Å². The zero-order chi connectivity index (χ0) is 17.5. The zero-order valence-corrected chi connectivity index (χ0v) is 14.7. The Hall–Kier alpha value is -1.59. The van der Waals surface area contributed by atoms with Crippen molar-refractivity contribution in [3.05, 3.63) is 0 Å². The molecule has 1 N–H and O–H groups in total. The maximum atomic E-state index is 12.9. The number of aliphatic carboxylic acids is 1. The number of carbonyl (C=O) groups excluding carboxylic acids is 2. The standard InChI is InChI=1S/C18H28N2O4/c1-18(2)11-19(15(21)12-3-4-12)9-10-20(18)16(22)13-5-7-14(8-6-13)17(23)24/h12-14H,3-11H2,1-2H3,(H,23,24).